The predicted octanol–water partition coefficient (Wildman–Crippen LogP) is 1.44. The third-order valence-corrected chi connectivity index (χ3v) is 7.46. The van der Waals surface area contributed by atoms with Crippen molar-refractivity contribution in [3.05, 3.63) is 30.3 Å². The van der Waals surface area contributed by atoms with E-state index >= 15 is 0 Å². The summed E-state index contributed by atoms with van der Waals surface area (Å²) in [5.74, 6) is 1.32. The van der Waals surface area contributed by atoms with Gasteiger partial charge >= 0.3 is 0 Å². The largest absolute Gasteiger partial charge is 0.355 e. The Labute approximate surface area is 201 Å². The van der Waals surface area contributed by atoms with Gasteiger partial charge in [0.1, 0.15) is 6.54 Å². The Hall–Kier alpha value is -1.05. The molecule has 0 aliphatic carbocycles. The van der Waals surface area contributed by atoms with Crippen molar-refractivity contribution in [2.75, 3.05) is 52.6 Å². The first-order chi connectivity index (χ1) is 13.8. The molecule has 1 heterocycles. The van der Waals surface area contributed by atoms with Crippen molar-refractivity contribution < 1.29 is 13.2 Å². The van der Waals surface area contributed by atoms with Crippen LogP contribution >= 0.6 is 35.7 Å². The Balaban J connectivity index is 0.00000450. The van der Waals surface area contributed by atoms with E-state index in [-0.39, 0.29) is 36.4 Å². The molecule has 1 fully saturated rings. The molecule has 170 valence electrons. The standard InChI is InChI=1S/C19H31N5O3S2.HI/c1-4-22-29(26,27)17-10-12-24(15-17)19(21-14-18(25)23(2)3)20-11-13-28-16-8-6-5-7-9-16;/h5-9,17,22H,4,10-15H2,1-3H3,(H,20,21);1H. The minimum absolute atomic E-state index is 0. The van der Waals surface area contributed by atoms with Crippen LogP contribution in [0.2, 0.25) is 0 Å². The topological polar surface area (TPSA) is 94.1 Å². The van der Waals surface area contributed by atoms with Crippen LogP contribution in [0.25, 0.3) is 0 Å². The summed E-state index contributed by atoms with van der Waals surface area (Å²) in [4.78, 5) is 21.0. The van der Waals surface area contributed by atoms with Crippen LogP contribution in [-0.2, 0) is 14.8 Å². The highest BCUT2D eigenvalue weighted by Gasteiger charge is 2.34. The van der Waals surface area contributed by atoms with E-state index in [1.165, 1.54) is 9.80 Å². The maximum absolute atomic E-state index is 12.3. The minimum Gasteiger partial charge on any atom is -0.355 e. The average Bonchev–Trinajstić information content (AvgIpc) is 3.19. The van der Waals surface area contributed by atoms with Gasteiger partial charge in [0.05, 0.1) is 5.25 Å². The second kappa shape index (κ2) is 13.4. The summed E-state index contributed by atoms with van der Waals surface area (Å²) in [5, 5.41) is 2.82. The van der Waals surface area contributed by atoms with Gasteiger partial charge in [0.2, 0.25) is 15.9 Å². The fraction of sp³-hybridized carbons (Fsp3) is 0.579. The lowest BCUT2D eigenvalue weighted by molar-refractivity contribution is -0.127. The summed E-state index contributed by atoms with van der Waals surface area (Å²) >= 11 is 1.73. The van der Waals surface area contributed by atoms with Gasteiger partial charge in [0.25, 0.3) is 0 Å². The van der Waals surface area contributed by atoms with Crippen LogP contribution in [0.3, 0.4) is 0 Å². The van der Waals surface area contributed by atoms with Gasteiger partial charge in [-0.2, -0.15) is 0 Å². The molecule has 11 heteroatoms. The molecule has 0 radical (unpaired) electrons. The Morgan fingerprint density at radius 1 is 1.30 bits per heavy atom. The fourth-order valence-electron chi connectivity index (χ4n) is 2.89. The molecule has 8 nitrogen and oxygen atoms in total. The number of likely N-dealkylation sites (N-methyl/N-ethyl adjacent to an activating group) is 1. The smallest absolute Gasteiger partial charge is 0.243 e. The molecule has 1 unspecified atom stereocenters. The molecule has 1 aliphatic rings. The number of nitrogens with one attached hydrogen (secondary N) is 2. The van der Waals surface area contributed by atoms with Crippen molar-refractivity contribution in [3.8, 4) is 0 Å². The number of aliphatic imine (C=N–C) groups is 1. The van der Waals surface area contributed by atoms with Crippen molar-refractivity contribution in [1.29, 1.82) is 0 Å². The number of amides is 1. The van der Waals surface area contributed by atoms with E-state index < -0.39 is 15.3 Å². The van der Waals surface area contributed by atoms with Gasteiger partial charge in [-0.3, -0.25) is 4.79 Å². The van der Waals surface area contributed by atoms with E-state index in [0.29, 0.717) is 38.6 Å². The molecule has 0 saturated carbocycles. The van der Waals surface area contributed by atoms with Crippen LogP contribution in [-0.4, -0.2) is 87.9 Å². The Kier molecular flexibility index (Phi) is 12.0. The third kappa shape index (κ3) is 8.60. The first-order valence-electron chi connectivity index (χ1n) is 9.73. The van der Waals surface area contributed by atoms with Crippen LogP contribution in [0.1, 0.15) is 13.3 Å². The maximum atomic E-state index is 12.3. The summed E-state index contributed by atoms with van der Waals surface area (Å²) in [6.07, 6.45) is 0.538. The lowest BCUT2D eigenvalue weighted by Crippen LogP contribution is -2.43. The van der Waals surface area contributed by atoms with Crippen LogP contribution in [0, 0.1) is 0 Å². The van der Waals surface area contributed by atoms with E-state index in [1.54, 1.807) is 32.8 Å². The number of halogens is 1. The van der Waals surface area contributed by atoms with E-state index in [2.05, 4.69) is 27.2 Å². The highest BCUT2D eigenvalue weighted by atomic mass is 127. The molecule has 2 N–H and O–H groups in total. The average molecular weight is 570 g/mol. The molecule has 30 heavy (non-hydrogen) atoms. The highest BCUT2D eigenvalue weighted by Crippen LogP contribution is 2.18. The normalized spacial score (nSPS) is 16.8. The summed E-state index contributed by atoms with van der Waals surface area (Å²) in [6, 6.07) is 10.1. The third-order valence-electron chi connectivity index (χ3n) is 4.49. The number of rotatable bonds is 9. The summed E-state index contributed by atoms with van der Waals surface area (Å²) in [7, 11) is 0.0455. The monoisotopic (exact) mass is 569 g/mol. The number of guanidine groups is 1. The minimum atomic E-state index is -3.34. The molecule has 2 rings (SSSR count). The van der Waals surface area contributed by atoms with Crippen molar-refractivity contribution in [1.82, 2.24) is 19.8 Å². The molecule has 1 aliphatic heterocycles. The fourth-order valence-corrected chi connectivity index (χ4v) is 5.11. The van der Waals surface area contributed by atoms with Gasteiger partial charge < -0.3 is 15.1 Å². The van der Waals surface area contributed by atoms with Gasteiger partial charge in [-0.05, 0) is 18.6 Å². The Morgan fingerprint density at radius 3 is 2.63 bits per heavy atom. The zero-order chi connectivity index (χ0) is 21.3. The number of likely N-dealkylation sites (tertiary alicyclic amines) is 1. The number of nitrogens with zero attached hydrogens (tertiary/aromatic N) is 3. The van der Waals surface area contributed by atoms with Gasteiger partial charge in [-0.1, -0.05) is 25.1 Å². The van der Waals surface area contributed by atoms with E-state index in [1.807, 2.05) is 23.1 Å². The van der Waals surface area contributed by atoms with E-state index in [4.69, 9.17) is 0 Å². The van der Waals surface area contributed by atoms with Gasteiger partial charge in [0.15, 0.2) is 5.96 Å². The van der Waals surface area contributed by atoms with Crippen LogP contribution < -0.4 is 10.0 Å². The zero-order valence-electron chi connectivity index (χ0n) is 17.7. The van der Waals surface area contributed by atoms with Crippen molar-refractivity contribution in [3.63, 3.8) is 0 Å². The summed E-state index contributed by atoms with van der Waals surface area (Å²) in [5.41, 5.74) is 0. The number of carbonyl (C=O) groups is 1. The van der Waals surface area contributed by atoms with E-state index in [0.717, 1.165) is 5.75 Å². The highest BCUT2D eigenvalue weighted by molar-refractivity contribution is 14.0. The molecular formula is C19H32IN5O3S2. The zero-order valence-corrected chi connectivity index (χ0v) is 21.7. The first kappa shape index (κ1) is 27.0. The second-order valence-corrected chi connectivity index (χ2v) is 10.1. The van der Waals surface area contributed by atoms with Gasteiger partial charge in [0, 0.05) is 50.9 Å². The predicted molar refractivity (Wildman–Crippen MR) is 134 cm³/mol. The SMILES string of the molecule is CCNS(=O)(=O)C1CCN(C(=NCC(=O)N(C)C)NCCSc2ccccc2)C1.I. The number of thioether (sulfide) groups is 1. The molecule has 1 saturated heterocycles. The molecule has 0 spiro atoms. The number of carbonyl (C=O) groups excluding carboxylic acids is 1. The molecule has 1 amide bonds. The quantitative estimate of drug-likeness (QED) is 0.154. The Bertz CT molecular complexity index is 791. The molecule has 1 aromatic carbocycles. The lowest BCUT2D eigenvalue weighted by atomic mass is 10.4. The molecule has 1 atom stereocenters. The lowest BCUT2D eigenvalue weighted by Gasteiger charge is -2.22. The number of sulfonamides is 1. The molecule has 0 aromatic heterocycles. The van der Waals surface area contributed by atoms with Crippen molar-refractivity contribution in [2.24, 2.45) is 4.99 Å². The Morgan fingerprint density at radius 2 is 2.00 bits per heavy atom. The maximum Gasteiger partial charge on any atom is 0.243 e. The first-order valence-corrected chi connectivity index (χ1v) is 12.3. The number of hydrogen-bond donors (Lipinski definition) is 2. The van der Waals surface area contributed by atoms with Crippen LogP contribution in [0.4, 0.5) is 0 Å². The van der Waals surface area contributed by atoms with Crippen LogP contribution in [0.15, 0.2) is 40.2 Å². The number of benzene rings is 1. The van der Waals surface area contributed by atoms with E-state index in [9.17, 15) is 13.2 Å². The second-order valence-electron chi connectivity index (χ2n) is 6.92. The molecule has 0 bridgehead atoms. The van der Waals surface area contributed by atoms with Crippen LogP contribution in [0.5, 0.6) is 0 Å². The van der Waals surface area contributed by atoms with Gasteiger partial charge in [-0.25, -0.2) is 18.1 Å². The summed E-state index contributed by atoms with van der Waals surface area (Å²) in [6.45, 7) is 3.80. The summed E-state index contributed by atoms with van der Waals surface area (Å²) < 4.78 is 27.2. The molecular weight excluding hydrogens is 537 g/mol. The van der Waals surface area contributed by atoms with Crippen molar-refractivity contribution in [2.45, 2.75) is 23.5 Å². The number of hydrogen-bond acceptors (Lipinski definition) is 5. The van der Waals surface area contributed by atoms with Crippen molar-refractivity contribution >= 4 is 57.6 Å². The molecule has 1 aromatic rings. The van der Waals surface area contributed by atoms with Gasteiger partial charge in [-0.15, -0.1) is 35.7 Å².